The normalized spacial score (nSPS) is 20.7. The predicted octanol–water partition coefficient (Wildman–Crippen LogP) is 5.63. The van der Waals surface area contributed by atoms with Crippen molar-refractivity contribution in [2.45, 2.75) is 69.7 Å². The lowest BCUT2D eigenvalue weighted by Gasteiger charge is -2.32. The maximum absolute atomic E-state index is 11.6. The molecule has 1 aliphatic carbocycles. The number of benzene rings is 2. The number of pyridine rings is 1. The van der Waals surface area contributed by atoms with Gasteiger partial charge in [0.05, 0.1) is 47.4 Å². The molecule has 0 unspecified atom stereocenters. The molecule has 0 spiro atoms. The SMILES string of the molecule is N#Cc1ccc2c(c1)CCC[C@@H]2Oc1cccc(C2CCN(Cc3nc4ccc(C(=O)O)cc4n3C[C@@H]3CCO3)CC2)n1. The van der Waals surface area contributed by atoms with E-state index in [2.05, 4.69) is 21.6 Å². The van der Waals surface area contributed by atoms with E-state index in [1.165, 1.54) is 11.1 Å². The van der Waals surface area contributed by atoms with Gasteiger partial charge in [0, 0.05) is 24.3 Å². The van der Waals surface area contributed by atoms with Gasteiger partial charge in [0.15, 0.2) is 0 Å². The van der Waals surface area contributed by atoms with E-state index in [-0.39, 0.29) is 17.8 Å². The Hall–Kier alpha value is -4.26. The molecular weight excluding hydrogens is 542 g/mol. The fourth-order valence-electron chi connectivity index (χ4n) is 6.68. The molecule has 2 aromatic heterocycles. The van der Waals surface area contributed by atoms with Crippen molar-refractivity contribution < 1.29 is 19.4 Å². The van der Waals surface area contributed by atoms with E-state index in [4.69, 9.17) is 19.4 Å². The van der Waals surface area contributed by atoms with E-state index in [1.54, 1.807) is 12.1 Å². The highest BCUT2D eigenvalue weighted by atomic mass is 16.5. The Balaban J connectivity index is 1.02. The van der Waals surface area contributed by atoms with E-state index in [0.29, 0.717) is 30.5 Å². The first-order chi connectivity index (χ1) is 21.0. The van der Waals surface area contributed by atoms with Gasteiger partial charge in [-0.05, 0) is 99.1 Å². The van der Waals surface area contributed by atoms with E-state index < -0.39 is 5.97 Å². The number of likely N-dealkylation sites (tertiary alicyclic amines) is 1. The molecule has 2 fully saturated rings. The molecule has 4 aromatic rings. The summed E-state index contributed by atoms with van der Waals surface area (Å²) in [5, 5.41) is 18.8. The zero-order valence-corrected chi connectivity index (χ0v) is 24.1. The van der Waals surface area contributed by atoms with Crippen LogP contribution in [-0.4, -0.2) is 56.3 Å². The molecule has 7 rings (SSSR count). The number of carboxylic acids is 1. The molecule has 2 aliphatic heterocycles. The molecule has 0 radical (unpaired) electrons. The summed E-state index contributed by atoms with van der Waals surface area (Å²) in [6.07, 6.45) is 6.05. The van der Waals surface area contributed by atoms with Crippen LogP contribution in [0.3, 0.4) is 0 Å². The van der Waals surface area contributed by atoms with Gasteiger partial charge in [-0.2, -0.15) is 5.26 Å². The van der Waals surface area contributed by atoms with Crippen LogP contribution in [0.1, 0.15) is 82.7 Å². The van der Waals surface area contributed by atoms with E-state index in [0.717, 1.165) is 80.8 Å². The molecule has 0 amide bonds. The summed E-state index contributed by atoms with van der Waals surface area (Å²) in [7, 11) is 0. The maximum Gasteiger partial charge on any atom is 0.335 e. The van der Waals surface area contributed by atoms with Crippen LogP contribution in [0.5, 0.6) is 5.88 Å². The zero-order valence-electron chi connectivity index (χ0n) is 24.1. The maximum atomic E-state index is 11.6. The number of ether oxygens (including phenoxy) is 2. The summed E-state index contributed by atoms with van der Waals surface area (Å²) in [5.74, 6) is 1.04. The number of carboxylic acid groups (broad SMARTS) is 1. The van der Waals surface area contributed by atoms with Gasteiger partial charge < -0.3 is 19.1 Å². The molecule has 9 heteroatoms. The third kappa shape index (κ3) is 5.73. The average Bonchev–Trinajstić information content (AvgIpc) is 3.35. The number of nitrogens with zero attached hydrogens (tertiary/aromatic N) is 5. The third-order valence-corrected chi connectivity index (χ3v) is 9.16. The standard InChI is InChI=1S/C34H35N5O4/c35-19-22-7-9-27-24(17-22)3-1-5-31(27)43-33-6-2-4-28(37-33)23-11-14-38(15-12-23)21-32-36-29-10-8-25(34(40)41)18-30(29)39(32)20-26-13-16-42-26/h2,4,6-10,17-18,23,26,31H,1,3,5,11-16,20-21H2,(H,40,41)/t26-,31-/m0/s1. The molecule has 1 N–H and O–H groups in total. The summed E-state index contributed by atoms with van der Waals surface area (Å²) in [6.45, 7) is 4.03. The molecule has 4 heterocycles. The molecule has 9 nitrogen and oxygen atoms in total. The number of hydrogen-bond donors (Lipinski definition) is 1. The highest BCUT2D eigenvalue weighted by molar-refractivity contribution is 5.92. The fraction of sp³-hybridized carbons (Fsp3) is 0.412. The Labute approximate surface area is 250 Å². The van der Waals surface area contributed by atoms with Gasteiger partial charge >= 0.3 is 5.97 Å². The Kier molecular flexibility index (Phi) is 7.56. The van der Waals surface area contributed by atoms with Gasteiger partial charge in [0.1, 0.15) is 11.9 Å². The van der Waals surface area contributed by atoms with Crippen LogP contribution in [0.4, 0.5) is 0 Å². The smallest absolute Gasteiger partial charge is 0.335 e. The quantitative estimate of drug-likeness (QED) is 0.287. The molecule has 2 aromatic carbocycles. The van der Waals surface area contributed by atoms with Crippen molar-refractivity contribution in [3.8, 4) is 11.9 Å². The number of carbonyl (C=O) groups is 1. The second-order valence-electron chi connectivity index (χ2n) is 11.9. The lowest BCUT2D eigenvalue weighted by molar-refractivity contribution is -0.0592. The van der Waals surface area contributed by atoms with Crippen LogP contribution in [0.2, 0.25) is 0 Å². The number of piperidine rings is 1. The van der Waals surface area contributed by atoms with Gasteiger partial charge in [-0.25, -0.2) is 14.8 Å². The summed E-state index contributed by atoms with van der Waals surface area (Å²) in [6, 6.07) is 19.4. The van der Waals surface area contributed by atoms with Crippen LogP contribution in [0.25, 0.3) is 11.0 Å². The third-order valence-electron chi connectivity index (χ3n) is 9.16. The minimum Gasteiger partial charge on any atom is -0.478 e. The number of aromatic carboxylic acids is 1. The number of hydrogen-bond acceptors (Lipinski definition) is 7. The van der Waals surface area contributed by atoms with Crippen molar-refractivity contribution in [1.29, 1.82) is 5.26 Å². The van der Waals surface area contributed by atoms with Gasteiger partial charge in [-0.3, -0.25) is 4.90 Å². The second kappa shape index (κ2) is 11.8. The topological polar surface area (TPSA) is 114 Å². The number of aromatic nitrogens is 3. The van der Waals surface area contributed by atoms with Crippen molar-refractivity contribution >= 4 is 17.0 Å². The summed E-state index contributed by atoms with van der Waals surface area (Å²) in [4.78, 5) is 23.9. The van der Waals surface area contributed by atoms with Crippen LogP contribution < -0.4 is 4.74 Å². The average molecular weight is 578 g/mol. The monoisotopic (exact) mass is 577 g/mol. The van der Waals surface area contributed by atoms with Crippen molar-refractivity contribution in [3.63, 3.8) is 0 Å². The largest absolute Gasteiger partial charge is 0.478 e. The first-order valence-electron chi connectivity index (χ1n) is 15.3. The first-order valence-corrected chi connectivity index (χ1v) is 15.3. The van der Waals surface area contributed by atoms with Gasteiger partial charge in [0.25, 0.3) is 0 Å². The molecular formula is C34H35N5O4. The predicted molar refractivity (Wildman–Crippen MR) is 160 cm³/mol. The van der Waals surface area contributed by atoms with Gasteiger partial charge in [0.2, 0.25) is 5.88 Å². The summed E-state index contributed by atoms with van der Waals surface area (Å²) < 4.78 is 14.3. The molecule has 0 bridgehead atoms. The van der Waals surface area contributed by atoms with Gasteiger partial charge in [-0.15, -0.1) is 0 Å². The van der Waals surface area contributed by atoms with E-state index in [9.17, 15) is 15.2 Å². The number of imidazole rings is 1. The number of aryl methyl sites for hydroxylation is 1. The molecule has 220 valence electrons. The molecule has 3 aliphatic rings. The molecule has 2 saturated heterocycles. The van der Waals surface area contributed by atoms with Crippen LogP contribution in [-0.2, 0) is 24.2 Å². The highest BCUT2D eigenvalue weighted by Gasteiger charge is 2.27. The first kappa shape index (κ1) is 27.6. The van der Waals surface area contributed by atoms with E-state index in [1.807, 2.05) is 36.4 Å². The zero-order chi connectivity index (χ0) is 29.3. The van der Waals surface area contributed by atoms with Crippen molar-refractivity contribution in [2.75, 3.05) is 19.7 Å². The molecule has 43 heavy (non-hydrogen) atoms. The summed E-state index contributed by atoms with van der Waals surface area (Å²) >= 11 is 0. The molecule has 2 atom stereocenters. The lowest BCUT2D eigenvalue weighted by atomic mass is 9.88. The van der Waals surface area contributed by atoms with Crippen molar-refractivity contribution in [2.24, 2.45) is 0 Å². The van der Waals surface area contributed by atoms with Gasteiger partial charge in [-0.1, -0.05) is 12.1 Å². The van der Waals surface area contributed by atoms with Crippen LogP contribution >= 0.6 is 0 Å². The minimum absolute atomic E-state index is 0.0442. The van der Waals surface area contributed by atoms with Crippen LogP contribution in [0, 0.1) is 11.3 Å². The van der Waals surface area contributed by atoms with Crippen molar-refractivity contribution in [1.82, 2.24) is 19.4 Å². The number of nitriles is 1. The second-order valence-corrected chi connectivity index (χ2v) is 11.9. The summed E-state index contributed by atoms with van der Waals surface area (Å²) in [5.41, 5.74) is 6.09. The Morgan fingerprint density at radius 2 is 1.93 bits per heavy atom. The Morgan fingerprint density at radius 3 is 2.70 bits per heavy atom. The minimum atomic E-state index is -0.931. The lowest BCUT2D eigenvalue weighted by Crippen LogP contribution is -2.35. The van der Waals surface area contributed by atoms with Crippen LogP contribution in [0.15, 0.2) is 54.6 Å². The molecule has 0 saturated carbocycles. The number of rotatable bonds is 8. The fourth-order valence-corrected chi connectivity index (χ4v) is 6.68. The highest BCUT2D eigenvalue weighted by Crippen LogP contribution is 2.35. The number of fused-ring (bicyclic) bond motifs is 2. The van der Waals surface area contributed by atoms with E-state index >= 15 is 0 Å². The van der Waals surface area contributed by atoms with Crippen molar-refractivity contribution in [3.05, 3.63) is 88.4 Å². The Morgan fingerprint density at radius 1 is 1.07 bits per heavy atom. The Bertz CT molecular complexity index is 1700.